The van der Waals surface area contributed by atoms with Gasteiger partial charge in [0.25, 0.3) is 0 Å². The average molecular weight is 292 g/mol. The van der Waals surface area contributed by atoms with Crippen molar-refractivity contribution in [3.63, 3.8) is 0 Å². The Morgan fingerprint density at radius 1 is 0.895 bits per heavy atom. The first-order valence-electron chi connectivity index (χ1n) is 7.70. The fourth-order valence-electron chi connectivity index (χ4n) is 1.85. The summed E-state index contributed by atoms with van der Waals surface area (Å²) in [5, 5.41) is 0. The van der Waals surface area contributed by atoms with E-state index in [0.717, 1.165) is 38.5 Å². The molecule has 0 bridgehead atoms. The lowest BCUT2D eigenvalue weighted by atomic mass is 9.92. The molecule has 0 radical (unpaired) electrons. The minimum Gasteiger partial charge on any atom is -0.212 e. The normalized spacial score (nSPS) is 13.2. The number of nitrogens with zero attached hydrogens (tertiary/aromatic N) is 1. The van der Waals surface area contributed by atoms with Crippen molar-refractivity contribution >= 4 is 10.0 Å². The number of sulfonamides is 1. The maximum absolute atomic E-state index is 12.4. The van der Waals surface area contributed by atoms with Crippen LogP contribution in [0.4, 0.5) is 0 Å². The Balaban J connectivity index is 4.53. The third kappa shape index (κ3) is 9.44. The lowest BCUT2D eigenvalue weighted by Crippen LogP contribution is -2.36. The molecule has 0 heterocycles. The van der Waals surface area contributed by atoms with E-state index in [-0.39, 0.29) is 5.41 Å². The molecule has 0 aliphatic carbocycles. The molecule has 0 aliphatic rings. The summed E-state index contributed by atoms with van der Waals surface area (Å²) in [6.45, 7) is 12.0. The van der Waals surface area contributed by atoms with Gasteiger partial charge in [-0.3, -0.25) is 0 Å². The molecule has 0 aliphatic heterocycles. The molecule has 0 aromatic rings. The third-order valence-electron chi connectivity index (χ3n) is 3.27. The van der Waals surface area contributed by atoms with Crippen LogP contribution in [0, 0.1) is 5.41 Å². The Hall–Kier alpha value is -0.0900. The summed E-state index contributed by atoms with van der Waals surface area (Å²) in [6.07, 6.45) is 5.76. The van der Waals surface area contributed by atoms with Gasteiger partial charge in [0.15, 0.2) is 0 Å². The van der Waals surface area contributed by atoms with Crippen LogP contribution >= 0.6 is 0 Å². The topological polar surface area (TPSA) is 37.4 Å². The van der Waals surface area contributed by atoms with Crippen molar-refractivity contribution in [1.82, 2.24) is 4.31 Å². The second kappa shape index (κ2) is 8.96. The highest BCUT2D eigenvalue weighted by atomic mass is 32.2. The van der Waals surface area contributed by atoms with Gasteiger partial charge in [0.2, 0.25) is 10.0 Å². The summed E-state index contributed by atoms with van der Waals surface area (Å²) in [5.74, 6) is 0.314. The predicted molar refractivity (Wildman–Crippen MR) is 83.9 cm³/mol. The predicted octanol–water partition coefficient (Wildman–Crippen LogP) is 4.04. The molecule has 0 fully saturated rings. The molecule has 0 aromatic heterocycles. The summed E-state index contributed by atoms with van der Waals surface area (Å²) in [7, 11) is -3.06. The second-order valence-electron chi connectivity index (χ2n) is 6.59. The largest absolute Gasteiger partial charge is 0.214 e. The molecular weight excluding hydrogens is 258 g/mol. The smallest absolute Gasteiger partial charge is 0.212 e. The molecule has 4 heteroatoms. The van der Waals surface area contributed by atoms with Crippen molar-refractivity contribution in [2.75, 3.05) is 18.8 Å². The highest BCUT2D eigenvalue weighted by Crippen LogP contribution is 2.20. The molecule has 19 heavy (non-hydrogen) atoms. The number of rotatable bonds is 10. The number of hydrogen-bond acceptors (Lipinski definition) is 2. The van der Waals surface area contributed by atoms with Crippen LogP contribution in [0.5, 0.6) is 0 Å². The van der Waals surface area contributed by atoms with Crippen LogP contribution in [-0.4, -0.2) is 31.6 Å². The fourth-order valence-corrected chi connectivity index (χ4v) is 3.45. The summed E-state index contributed by atoms with van der Waals surface area (Å²) >= 11 is 0. The highest BCUT2D eigenvalue weighted by molar-refractivity contribution is 7.89. The first-order valence-corrected chi connectivity index (χ1v) is 9.31. The summed E-state index contributed by atoms with van der Waals surface area (Å²) < 4.78 is 26.4. The molecule has 116 valence electrons. The van der Waals surface area contributed by atoms with Crippen molar-refractivity contribution in [3.05, 3.63) is 0 Å². The van der Waals surface area contributed by atoms with Crippen molar-refractivity contribution in [2.45, 2.75) is 73.1 Å². The van der Waals surface area contributed by atoms with Gasteiger partial charge < -0.3 is 0 Å². The number of unbranched alkanes of at least 4 members (excludes halogenated alkanes) is 3. The zero-order valence-electron chi connectivity index (χ0n) is 13.5. The molecule has 0 amide bonds. The van der Waals surface area contributed by atoms with Crippen LogP contribution in [0.2, 0.25) is 0 Å². The van der Waals surface area contributed by atoms with Crippen molar-refractivity contribution < 1.29 is 8.42 Å². The average Bonchev–Trinajstić information content (AvgIpc) is 2.27. The van der Waals surface area contributed by atoms with Crippen LogP contribution in [-0.2, 0) is 10.0 Å². The van der Waals surface area contributed by atoms with Gasteiger partial charge in [0.1, 0.15) is 0 Å². The Kier molecular flexibility index (Phi) is 8.92. The lowest BCUT2D eigenvalue weighted by molar-refractivity contribution is 0.307. The molecule has 0 saturated carbocycles. The van der Waals surface area contributed by atoms with Crippen molar-refractivity contribution in [3.8, 4) is 0 Å². The molecular formula is C15H33NO2S. The SMILES string of the molecule is CCCCCS(=O)(=O)N(CCCC)CCC(C)(C)C. The zero-order chi connectivity index (χ0) is 14.9. The third-order valence-corrected chi connectivity index (χ3v) is 5.23. The Labute approximate surface area is 120 Å². The van der Waals surface area contributed by atoms with Gasteiger partial charge in [-0.1, -0.05) is 53.9 Å². The standard InChI is InChI=1S/C15H33NO2S/c1-6-8-10-14-19(17,18)16(12-9-7-2)13-11-15(3,4)5/h6-14H2,1-5H3. The van der Waals surface area contributed by atoms with Gasteiger partial charge in [0, 0.05) is 13.1 Å². The van der Waals surface area contributed by atoms with Gasteiger partial charge >= 0.3 is 0 Å². The summed E-state index contributed by atoms with van der Waals surface area (Å²) in [6, 6.07) is 0. The van der Waals surface area contributed by atoms with E-state index in [2.05, 4.69) is 34.6 Å². The molecule has 0 atom stereocenters. The maximum atomic E-state index is 12.4. The summed E-state index contributed by atoms with van der Waals surface area (Å²) in [5.41, 5.74) is 0.184. The first-order chi connectivity index (χ1) is 8.73. The van der Waals surface area contributed by atoms with Crippen molar-refractivity contribution in [2.24, 2.45) is 5.41 Å². The van der Waals surface area contributed by atoms with Crippen molar-refractivity contribution in [1.29, 1.82) is 0 Å². The molecule has 0 unspecified atom stereocenters. The van der Waals surface area contributed by atoms with E-state index >= 15 is 0 Å². The van der Waals surface area contributed by atoms with E-state index in [0.29, 0.717) is 18.8 Å². The van der Waals surface area contributed by atoms with E-state index in [1.165, 1.54) is 0 Å². The molecule has 0 aromatic carbocycles. The summed E-state index contributed by atoms with van der Waals surface area (Å²) in [4.78, 5) is 0. The zero-order valence-corrected chi connectivity index (χ0v) is 14.4. The van der Waals surface area contributed by atoms with Crippen LogP contribution in [0.15, 0.2) is 0 Å². The van der Waals surface area contributed by atoms with Crippen LogP contribution < -0.4 is 0 Å². The van der Waals surface area contributed by atoms with E-state index in [4.69, 9.17) is 0 Å². The minimum atomic E-state index is -3.06. The van der Waals surface area contributed by atoms with Gasteiger partial charge in [-0.2, -0.15) is 0 Å². The Bertz CT molecular complexity index is 318. The number of hydrogen-bond donors (Lipinski definition) is 0. The van der Waals surface area contributed by atoms with Gasteiger partial charge in [0.05, 0.1) is 5.75 Å². The fraction of sp³-hybridized carbons (Fsp3) is 1.00. The molecule has 0 saturated heterocycles. The van der Waals surface area contributed by atoms with Gasteiger partial charge in [-0.05, 0) is 24.7 Å². The van der Waals surface area contributed by atoms with E-state index in [1.807, 2.05) is 0 Å². The Morgan fingerprint density at radius 2 is 1.47 bits per heavy atom. The second-order valence-corrected chi connectivity index (χ2v) is 8.67. The van der Waals surface area contributed by atoms with Crippen LogP contribution in [0.3, 0.4) is 0 Å². The first kappa shape index (κ1) is 18.9. The van der Waals surface area contributed by atoms with E-state index < -0.39 is 10.0 Å². The lowest BCUT2D eigenvalue weighted by Gasteiger charge is -2.26. The van der Waals surface area contributed by atoms with E-state index in [9.17, 15) is 8.42 Å². The molecule has 0 rings (SSSR count). The molecule has 3 nitrogen and oxygen atoms in total. The van der Waals surface area contributed by atoms with Gasteiger partial charge in [-0.25, -0.2) is 12.7 Å². The molecule has 0 N–H and O–H groups in total. The van der Waals surface area contributed by atoms with Crippen LogP contribution in [0.1, 0.15) is 73.1 Å². The molecule has 0 spiro atoms. The van der Waals surface area contributed by atoms with E-state index in [1.54, 1.807) is 4.31 Å². The monoisotopic (exact) mass is 291 g/mol. The highest BCUT2D eigenvalue weighted by Gasteiger charge is 2.23. The quantitative estimate of drug-likeness (QED) is 0.570. The maximum Gasteiger partial charge on any atom is 0.214 e. The minimum absolute atomic E-state index is 0.184. The van der Waals surface area contributed by atoms with Crippen LogP contribution in [0.25, 0.3) is 0 Å². The Morgan fingerprint density at radius 3 is 1.95 bits per heavy atom. The van der Waals surface area contributed by atoms with Gasteiger partial charge in [-0.15, -0.1) is 0 Å².